The minimum Gasteiger partial charge on any atom is -0.492 e. The lowest BCUT2D eigenvalue weighted by Gasteiger charge is -2.12. The predicted molar refractivity (Wildman–Crippen MR) is 79.0 cm³/mol. The number of rotatable bonds is 5. The predicted octanol–water partition coefficient (Wildman–Crippen LogP) is 1.33. The topological polar surface area (TPSA) is 55.4 Å². The Morgan fingerprint density at radius 3 is 2.90 bits per heavy atom. The van der Waals surface area contributed by atoms with Crippen LogP contribution >= 0.6 is 0 Å². The van der Waals surface area contributed by atoms with Gasteiger partial charge in [0.25, 0.3) is 0 Å². The van der Waals surface area contributed by atoms with Crippen LogP contribution in [0, 0.1) is 0 Å². The second-order valence-electron chi connectivity index (χ2n) is 5.69. The minimum atomic E-state index is -2.79. The van der Waals surface area contributed by atoms with Crippen LogP contribution in [0.3, 0.4) is 0 Å². The summed E-state index contributed by atoms with van der Waals surface area (Å²) in [5, 5.41) is 3.26. The summed E-state index contributed by atoms with van der Waals surface area (Å²) in [5.74, 6) is 1.51. The summed E-state index contributed by atoms with van der Waals surface area (Å²) in [5.41, 5.74) is 2.86. The fourth-order valence-electron chi connectivity index (χ4n) is 3.03. The van der Waals surface area contributed by atoms with Gasteiger partial charge >= 0.3 is 0 Å². The highest BCUT2D eigenvalue weighted by atomic mass is 32.2. The van der Waals surface area contributed by atoms with Crippen LogP contribution in [0.15, 0.2) is 18.2 Å². The van der Waals surface area contributed by atoms with Gasteiger partial charge in [-0.05, 0) is 48.9 Å². The molecule has 1 N–H and O–H groups in total. The number of nitrogens with one attached hydrogen (secondary N) is 1. The summed E-state index contributed by atoms with van der Waals surface area (Å²) in [4.78, 5) is 0. The number of fused-ring (bicyclic) bond motifs is 1. The zero-order chi connectivity index (χ0) is 14.0. The van der Waals surface area contributed by atoms with Crippen molar-refractivity contribution in [3.63, 3.8) is 0 Å². The van der Waals surface area contributed by atoms with Gasteiger partial charge in [0.15, 0.2) is 9.84 Å². The van der Waals surface area contributed by atoms with E-state index in [1.165, 1.54) is 24.0 Å². The monoisotopic (exact) mass is 295 g/mol. The molecule has 1 heterocycles. The Morgan fingerprint density at radius 2 is 2.10 bits per heavy atom. The molecule has 3 rings (SSSR count). The Kier molecular flexibility index (Phi) is 3.98. The Balaban J connectivity index is 1.42. The van der Waals surface area contributed by atoms with Gasteiger partial charge in [-0.25, -0.2) is 8.42 Å². The van der Waals surface area contributed by atoms with E-state index in [2.05, 4.69) is 17.4 Å². The summed E-state index contributed by atoms with van der Waals surface area (Å²) in [6, 6.07) is 6.44. The second kappa shape index (κ2) is 5.74. The maximum atomic E-state index is 11.3. The van der Waals surface area contributed by atoms with E-state index in [1.54, 1.807) is 0 Å². The number of hydrogen-bond donors (Lipinski definition) is 1. The number of benzene rings is 1. The van der Waals surface area contributed by atoms with Gasteiger partial charge in [-0.1, -0.05) is 6.07 Å². The third kappa shape index (κ3) is 3.33. The maximum absolute atomic E-state index is 11.3. The molecule has 1 aliphatic carbocycles. The highest BCUT2D eigenvalue weighted by Crippen LogP contribution is 2.25. The lowest BCUT2D eigenvalue weighted by Crippen LogP contribution is -2.33. The smallest absolute Gasteiger partial charge is 0.151 e. The van der Waals surface area contributed by atoms with E-state index in [4.69, 9.17) is 4.74 Å². The largest absolute Gasteiger partial charge is 0.492 e. The second-order valence-corrected chi connectivity index (χ2v) is 7.92. The Morgan fingerprint density at radius 1 is 1.25 bits per heavy atom. The molecule has 2 aliphatic rings. The highest BCUT2D eigenvalue weighted by molar-refractivity contribution is 7.91. The van der Waals surface area contributed by atoms with Crippen LogP contribution in [0.5, 0.6) is 5.75 Å². The summed E-state index contributed by atoms with van der Waals surface area (Å²) < 4.78 is 28.4. The van der Waals surface area contributed by atoms with Crippen LogP contribution in [-0.2, 0) is 22.7 Å². The van der Waals surface area contributed by atoms with E-state index in [0.717, 1.165) is 18.6 Å². The van der Waals surface area contributed by atoms with Crippen molar-refractivity contribution in [2.45, 2.75) is 31.7 Å². The Hall–Kier alpha value is -1.07. The van der Waals surface area contributed by atoms with E-state index >= 15 is 0 Å². The van der Waals surface area contributed by atoms with Crippen molar-refractivity contribution in [3.8, 4) is 5.75 Å². The molecule has 110 valence electrons. The van der Waals surface area contributed by atoms with E-state index in [1.807, 2.05) is 6.07 Å². The normalized spacial score (nSPS) is 23.7. The SMILES string of the molecule is O=S1(=O)CCC(NCCOc2ccc3c(c2)CCC3)C1. The van der Waals surface area contributed by atoms with Crippen LogP contribution in [-0.4, -0.2) is 39.1 Å². The quantitative estimate of drug-likeness (QED) is 0.833. The number of hydrogen-bond acceptors (Lipinski definition) is 4. The lowest BCUT2D eigenvalue weighted by atomic mass is 10.1. The summed E-state index contributed by atoms with van der Waals surface area (Å²) in [6.45, 7) is 1.27. The van der Waals surface area contributed by atoms with Crippen molar-refractivity contribution in [1.29, 1.82) is 0 Å². The van der Waals surface area contributed by atoms with Gasteiger partial charge < -0.3 is 10.1 Å². The van der Waals surface area contributed by atoms with Crippen LogP contribution in [0.1, 0.15) is 24.0 Å². The molecular formula is C15H21NO3S. The number of ether oxygens (including phenoxy) is 1. The molecule has 1 unspecified atom stereocenters. The van der Waals surface area contributed by atoms with Crippen molar-refractivity contribution in [2.24, 2.45) is 0 Å². The molecule has 20 heavy (non-hydrogen) atoms. The number of sulfone groups is 1. The molecule has 1 fully saturated rings. The fraction of sp³-hybridized carbons (Fsp3) is 0.600. The van der Waals surface area contributed by atoms with E-state index in [-0.39, 0.29) is 11.8 Å². The summed E-state index contributed by atoms with van der Waals surface area (Å²) in [6.07, 6.45) is 4.32. The van der Waals surface area contributed by atoms with Crippen molar-refractivity contribution >= 4 is 9.84 Å². The first-order valence-electron chi connectivity index (χ1n) is 7.31. The molecule has 0 aromatic heterocycles. The van der Waals surface area contributed by atoms with Crippen molar-refractivity contribution in [1.82, 2.24) is 5.32 Å². The maximum Gasteiger partial charge on any atom is 0.151 e. The average Bonchev–Trinajstić information content (AvgIpc) is 3.00. The highest BCUT2D eigenvalue weighted by Gasteiger charge is 2.27. The first-order chi connectivity index (χ1) is 9.62. The molecule has 1 aromatic rings. The van der Waals surface area contributed by atoms with Gasteiger partial charge in [-0.2, -0.15) is 0 Å². The molecule has 0 amide bonds. The molecule has 0 bridgehead atoms. The molecule has 1 atom stereocenters. The van der Waals surface area contributed by atoms with Gasteiger partial charge in [0, 0.05) is 12.6 Å². The molecule has 1 aromatic carbocycles. The van der Waals surface area contributed by atoms with Crippen LogP contribution < -0.4 is 10.1 Å². The zero-order valence-electron chi connectivity index (χ0n) is 11.6. The lowest BCUT2D eigenvalue weighted by molar-refractivity contribution is 0.307. The minimum absolute atomic E-state index is 0.101. The van der Waals surface area contributed by atoms with Crippen LogP contribution in [0.4, 0.5) is 0 Å². The standard InChI is InChI=1S/C15H21NO3S/c17-20(18)9-6-14(11-20)16-7-8-19-15-5-4-12-2-1-3-13(12)10-15/h4-5,10,14,16H,1-3,6-9,11H2. The third-order valence-electron chi connectivity index (χ3n) is 4.11. The molecule has 1 aliphatic heterocycles. The molecule has 1 saturated heterocycles. The van der Waals surface area contributed by atoms with Gasteiger partial charge in [0.2, 0.25) is 0 Å². The summed E-state index contributed by atoms with van der Waals surface area (Å²) >= 11 is 0. The van der Waals surface area contributed by atoms with Gasteiger partial charge in [0.1, 0.15) is 12.4 Å². The first-order valence-corrected chi connectivity index (χ1v) is 9.13. The van der Waals surface area contributed by atoms with Crippen LogP contribution in [0.2, 0.25) is 0 Å². The summed E-state index contributed by atoms with van der Waals surface area (Å²) in [7, 11) is -2.79. The molecule has 0 saturated carbocycles. The molecule has 4 nitrogen and oxygen atoms in total. The van der Waals surface area contributed by atoms with E-state index < -0.39 is 9.84 Å². The molecule has 5 heteroatoms. The fourth-order valence-corrected chi connectivity index (χ4v) is 4.73. The Labute approximate surface area is 120 Å². The zero-order valence-corrected chi connectivity index (χ0v) is 12.4. The third-order valence-corrected chi connectivity index (χ3v) is 5.87. The van der Waals surface area contributed by atoms with Crippen LogP contribution in [0.25, 0.3) is 0 Å². The Bertz CT molecular complexity index is 583. The van der Waals surface area contributed by atoms with Crippen molar-refractivity contribution in [3.05, 3.63) is 29.3 Å². The van der Waals surface area contributed by atoms with Gasteiger partial charge in [-0.15, -0.1) is 0 Å². The molecule has 0 spiro atoms. The van der Waals surface area contributed by atoms with E-state index in [9.17, 15) is 8.42 Å². The first kappa shape index (κ1) is 13.9. The average molecular weight is 295 g/mol. The van der Waals surface area contributed by atoms with Gasteiger partial charge in [0.05, 0.1) is 11.5 Å². The van der Waals surface area contributed by atoms with Crippen molar-refractivity contribution < 1.29 is 13.2 Å². The van der Waals surface area contributed by atoms with Crippen molar-refractivity contribution in [2.75, 3.05) is 24.7 Å². The van der Waals surface area contributed by atoms with E-state index in [0.29, 0.717) is 18.9 Å². The van der Waals surface area contributed by atoms with Gasteiger partial charge in [-0.3, -0.25) is 0 Å². The number of aryl methyl sites for hydroxylation is 2. The molecular weight excluding hydrogens is 274 g/mol. The molecule has 0 radical (unpaired) electrons.